The van der Waals surface area contributed by atoms with Crippen LogP contribution >= 0.6 is 12.4 Å². The van der Waals surface area contributed by atoms with E-state index in [-0.39, 0.29) is 12.4 Å². The minimum atomic E-state index is 0. The largest absolute Gasteiger partial charge is 0.379 e. The predicted octanol–water partition coefficient (Wildman–Crippen LogP) is 1.82. The summed E-state index contributed by atoms with van der Waals surface area (Å²) in [7, 11) is 0. The highest BCUT2D eigenvalue weighted by Crippen LogP contribution is 2.10. The summed E-state index contributed by atoms with van der Waals surface area (Å²) in [6, 6.07) is 3.95. The maximum Gasteiger partial charge on any atom is 0.154 e. The third kappa shape index (κ3) is 5.04. The Morgan fingerprint density at radius 2 is 2.12 bits per heavy atom. The Balaban J connectivity index is 0.00000208. The topological polar surface area (TPSA) is 63.9 Å². The van der Waals surface area contributed by atoms with Crippen molar-refractivity contribution in [1.82, 2.24) is 19.5 Å². The summed E-state index contributed by atoms with van der Waals surface area (Å²) in [6.45, 7) is 9.00. The van der Waals surface area contributed by atoms with Gasteiger partial charge in [-0.2, -0.15) is 0 Å². The molecular weight excluding hydrogens is 330 g/mol. The van der Waals surface area contributed by atoms with E-state index >= 15 is 0 Å². The third-order valence-corrected chi connectivity index (χ3v) is 3.95. The molecule has 0 saturated carbocycles. The Labute approximate surface area is 148 Å². The molecule has 24 heavy (non-hydrogen) atoms. The maximum absolute atomic E-state index is 5.45. The number of hydrogen-bond donors (Lipinski definition) is 1. The van der Waals surface area contributed by atoms with Crippen LogP contribution in [0.1, 0.15) is 19.0 Å². The number of morpholine rings is 1. The second-order valence-corrected chi connectivity index (χ2v) is 5.61. The van der Waals surface area contributed by atoms with Crippen LogP contribution in [0.15, 0.2) is 18.3 Å². The van der Waals surface area contributed by atoms with E-state index in [0.29, 0.717) is 13.2 Å². The zero-order chi connectivity index (χ0) is 15.9. The van der Waals surface area contributed by atoms with Crippen molar-refractivity contribution >= 4 is 23.9 Å². The second kappa shape index (κ2) is 9.78. The van der Waals surface area contributed by atoms with Crippen molar-refractivity contribution in [3.05, 3.63) is 24.0 Å². The summed E-state index contributed by atoms with van der Waals surface area (Å²) in [5, 5.41) is 7.99. The molecule has 0 bridgehead atoms. The molecule has 2 aromatic heterocycles. The Morgan fingerprint density at radius 3 is 2.92 bits per heavy atom. The highest BCUT2D eigenvalue weighted by Gasteiger charge is 2.09. The van der Waals surface area contributed by atoms with Gasteiger partial charge in [-0.25, -0.2) is 9.50 Å². The fraction of sp³-hybridized carbons (Fsp3) is 0.625. The van der Waals surface area contributed by atoms with Crippen LogP contribution in [0, 0.1) is 0 Å². The zero-order valence-corrected chi connectivity index (χ0v) is 14.9. The van der Waals surface area contributed by atoms with E-state index < -0.39 is 0 Å². The maximum atomic E-state index is 5.45. The van der Waals surface area contributed by atoms with E-state index in [1.54, 1.807) is 0 Å². The van der Waals surface area contributed by atoms with Gasteiger partial charge in [0.05, 0.1) is 31.7 Å². The van der Waals surface area contributed by atoms with Crippen molar-refractivity contribution < 1.29 is 9.47 Å². The molecule has 2 aromatic rings. The van der Waals surface area contributed by atoms with Crippen LogP contribution in [0.2, 0.25) is 0 Å². The van der Waals surface area contributed by atoms with Gasteiger partial charge in [-0.15, -0.1) is 17.5 Å². The highest BCUT2D eigenvalue weighted by atomic mass is 35.5. The fourth-order valence-electron chi connectivity index (χ4n) is 2.66. The summed E-state index contributed by atoms with van der Waals surface area (Å²) in [4.78, 5) is 6.79. The van der Waals surface area contributed by atoms with Gasteiger partial charge in [0.25, 0.3) is 0 Å². The summed E-state index contributed by atoms with van der Waals surface area (Å²) in [5.74, 6) is 0.871. The molecule has 134 valence electrons. The number of hydrogen-bond acceptors (Lipinski definition) is 6. The average molecular weight is 356 g/mol. The number of aromatic nitrogens is 3. The molecular formula is C16H26ClN5O2. The molecule has 0 amide bonds. The van der Waals surface area contributed by atoms with Crippen LogP contribution in [0.4, 0.5) is 5.82 Å². The van der Waals surface area contributed by atoms with Crippen LogP contribution in [0.5, 0.6) is 0 Å². The van der Waals surface area contributed by atoms with Gasteiger partial charge in [-0.3, -0.25) is 4.90 Å². The Bertz CT molecular complexity index is 616. The molecule has 7 nitrogen and oxygen atoms in total. The molecule has 0 aromatic carbocycles. The molecule has 0 atom stereocenters. The number of nitrogens with one attached hydrogen (secondary N) is 1. The van der Waals surface area contributed by atoms with E-state index in [2.05, 4.69) is 20.3 Å². The number of anilines is 1. The summed E-state index contributed by atoms with van der Waals surface area (Å²) in [5.41, 5.74) is 1.82. The predicted molar refractivity (Wildman–Crippen MR) is 95.9 cm³/mol. The van der Waals surface area contributed by atoms with Crippen LogP contribution in [-0.4, -0.2) is 65.5 Å². The third-order valence-electron chi connectivity index (χ3n) is 3.95. The van der Waals surface area contributed by atoms with Crippen LogP contribution < -0.4 is 5.32 Å². The lowest BCUT2D eigenvalue weighted by molar-refractivity contribution is 0.0378. The van der Waals surface area contributed by atoms with Crippen molar-refractivity contribution in [3.63, 3.8) is 0 Å². The van der Waals surface area contributed by atoms with Crippen LogP contribution in [-0.2, 0) is 16.1 Å². The number of nitrogens with zero attached hydrogens (tertiary/aromatic N) is 4. The van der Waals surface area contributed by atoms with Crippen molar-refractivity contribution in [2.45, 2.75) is 20.0 Å². The molecule has 1 aliphatic heterocycles. The van der Waals surface area contributed by atoms with Gasteiger partial charge >= 0.3 is 0 Å². The zero-order valence-electron chi connectivity index (χ0n) is 14.1. The van der Waals surface area contributed by atoms with E-state index in [4.69, 9.17) is 9.47 Å². The first kappa shape index (κ1) is 18.9. The fourth-order valence-corrected chi connectivity index (χ4v) is 2.66. The molecule has 0 radical (unpaired) electrons. The Hall–Kier alpha value is -1.41. The first-order chi connectivity index (χ1) is 11.4. The molecule has 3 heterocycles. The number of rotatable bonds is 8. The van der Waals surface area contributed by atoms with Gasteiger partial charge in [0.2, 0.25) is 0 Å². The normalized spacial score (nSPS) is 15.4. The van der Waals surface area contributed by atoms with Gasteiger partial charge in [-0.1, -0.05) is 0 Å². The lowest BCUT2D eigenvalue weighted by atomic mass is 10.3. The minimum absolute atomic E-state index is 0. The van der Waals surface area contributed by atoms with E-state index in [1.165, 1.54) is 0 Å². The van der Waals surface area contributed by atoms with Crippen LogP contribution in [0.3, 0.4) is 0 Å². The summed E-state index contributed by atoms with van der Waals surface area (Å²) in [6.07, 6.45) is 2.91. The molecule has 1 fully saturated rings. The molecule has 1 saturated heterocycles. The van der Waals surface area contributed by atoms with Crippen molar-refractivity contribution in [2.75, 3.05) is 51.3 Å². The van der Waals surface area contributed by atoms with Crippen LogP contribution in [0.25, 0.3) is 5.65 Å². The van der Waals surface area contributed by atoms with Gasteiger partial charge in [0, 0.05) is 26.2 Å². The second-order valence-electron chi connectivity index (χ2n) is 5.61. The van der Waals surface area contributed by atoms with Gasteiger partial charge in [-0.05, 0) is 32.0 Å². The number of fused-ring (bicyclic) bond motifs is 1. The van der Waals surface area contributed by atoms with E-state index in [1.807, 2.05) is 29.8 Å². The molecule has 8 heteroatoms. The molecule has 1 aliphatic rings. The molecule has 3 rings (SSSR count). The number of halogens is 1. The van der Waals surface area contributed by atoms with Crippen molar-refractivity contribution in [2.24, 2.45) is 0 Å². The molecule has 0 spiro atoms. The monoisotopic (exact) mass is 355 g/mol. The van der Waals surface area contributed by atoms with Gasteiger partial charge in [0.15, 0.2) is 5.65 Å². The smallest absolute Gasteiger partial charge is 0.154 e. The molecule has 0 unspecified atom stereocenters. The van der Waals surface area contributed by atoms with E-state index in [0.717, 1.165) is 63.0 Å². The quantitative estimate of drug-likeness (QED) is 0.729. The lowest BCUT2D eigenvalue weighted by Gasteiger charge is -2.26. The summed E-state index contributed by atoms with van der Waals surface area (Å²) < 4.78 is 12.7. The Morgan fingerprint density at radius 1 is 1.29 bits per heavy atom. The van der Waals surface area contributed by atoms with Gasteiger partial charge in [0.1, 0.15) is 5.82 Å². The molecule has 0 aliphatic carbocycles. The highest BCUT2D eigenvalue weighted by molar-refractivity contribution is 5.85. The standard InChI is InChI=1S/C16H25N5O2.ClH/c1-2-22-13-14-12-18-16-5-4-15(19-21(14)16)17-6-3-7-20-8-10-23-11-9-20;/h4-5,12H,2-3,6-11,13H2,1H3,(H,17,19);1H. The lowest BCUT2D eigenvalue weighted by Crippen LogP contribution is -2.37. The average Bonchev–Trinajstić information content (AvgIpc) is 3.00. The minimum Gasteiger partial charge on any atom is -0.379 e. The van der Waals surface area contributed by atoms with Crippen molar-refractivity contribution in [3.8, 4) is 0 Å². The van der Waals surface area contributed by atoms with Crippen molar-refractivity contribution in [1.29, 1.82) is 0 Å². The SMILES string of the molecule is CCOCc1cnc2ccc(NCCCN3CCOCC3)nn12.Cl. The summed E-state index contributed by atoms with van der Waals surface area (Å²) >= 11 is 0. The number of imidazole rings is 1. The van der Waals surface area contributed by atoms with E-state index in [9.17, 15) is 0 Å². The van der Waals surface area contributed by atoms with Gasteiger partial charge < -0.3 is 14.8 Å². The first-order valence-corrected chi connectivity index (χ1v) is 8.32. The molecule has 1 N–H and O–H groups in total. The number of ether oxygens (including phenoxy) is 2. The first-order valence-electron chi connectivity index (χ1n) is 8.32. The Kier molecular flexibility index (Phi) is 7.71.